The van der Waals surface area contributed by atoms with Gasteiger partial charge in [0.25, 0.3) is 5.91 Å². The molecule has 1 fully saturated rings. The first-order valence-corrected chi connectivity index (χ1v) is 7.22. The molecule has 5 nitrogen and oxygen atoms in total. The number of hydrogen-bond acceptors (Lipinski definition) is 4. The van der Waals surface area contributed by atoms with E-state index in [1.54, 1.807) is 36.5 Å². The van der Waals surface area contributed by atoms with Crippen LogP contribution < -0.4 is 16.0 Å². The summed E-state index contributed by atoms with van der Waals surface area (Å²) in [5, 5.41) is 9.04. The Morgan fingerprint density at radius 1 is 1.27 bits per heavy atom. The topological polar surface area (TPSA) is 66.0 Å². The highest BCUT2D eigenvalue weighted by Crippen LogP contribution is 2.21. The molecule has 0 spiro atoms. The van der Waals surface area contributed by atoms with Crippen molar-refractivity contribution in [2.75, 3.05) is 18.4 Å². The third-order valence-corrected chi connectivity index (χ3v) is 3.57. The summed E-state index contributed by atoms with van der Waals surface area (Å²) < 4.78 is 13.7. The van der Waals surface area contributed by atoms with Crippen LogP contribution in [-0.2, 0) is 0 Å². The van der Waals surface area contributed by atoms with Crippen molar-refractivity contribution in [1.29, 1.82) is 0 Å². The molecule has 1 aliphatic heterocycles. The number of hydrogen-bond donors (Lipinski definition) is 3. The Bertz CT molecular complexity index is 671. The van der Waals surface area contributed by atoms with Gasteiger partial charge in [-0.15, -0.1) is 0 Å². The lowest BCUT2D eigenvalue weighted by Crippen LogP contribution is -2.36. The Balaban J connectivity index is 1.80. The van der Waals surface area contributed by atoms with Gasteiger partial charge >= 0.3 is 0 Å². The molecule has 22 heavy (non-hydrogen) atoms. The molecule has 3 N–H and O–H groups in total. The second kappa shape index (κ2) is 6.53. The normalized spacial score (nSPS) is 17.2. The maximum atomic E-state index is 13.7. The molecular weight excluding hydrogens is 283 g/mol. The fraction of sp³-hybridized carbons (Fsp3) is 0.250. The van der Waals surface area contributed by atoms with Crippen LogP contribution in [0.15, 0.2) is 42.6 Å². The smallest absolute Gasteiger partial charge is 0.255 e. The molecule has 1 saturated heterocycles. The van der Waals surface area contributed by atoms with Crippen molar-refractivity contribution in [2.45, 2.75) is 12.5 Å². The molecule has 1 amide bonds. The third kappa shape index (κ3) is 3.23. The second-order valence-corrected chi connectivity index (χ2v) is 5.17. The van der Waals surface area contributed by atoms with Crippen molar-refractivity contribution >= 4 is 17.4 Å². The Morgan fingerprint density at radius 2 is 2.14 bits per heavy atom. The molecule has 0 aliphatic carbocycles. The van der Waals surface area contributed by atoms with Gasteiger partial charge in [0.1, 0.15) is 11.6 Å². The van der Waals surface area contributed by atoms with Crippen LogP contribution in [-0.4, -0.2) is 30.0 Å². The highest BCUT2D eigenvalue weighted by molar-refractivity contribution is 5.99. The van der Waals surface area contributed by atoms with E-state index in [1.807, 2.05) is 0 Å². The van der Waals surface area contributed by atoms with E-state index in [9.17, 15) is 9.18 Å². The van der Waals surface area contributed by atoms with Crippen molar-refractivity contribution < 1.29 is 9.18 Å². The van der Waals surface area contributed by atoms with Gasteiger partial charge in [-0.3, -0.25) is 4.79 Å². The molecule has 2 aromatic rings. The van der Waals surface area contributed by atoms with Crippen molar-refractivity contribution in [3.05, 3.63) is 54.0 Å². The van der Waals surface area contributed by atoms with E-state index in [4.69, 9.17) is 0 Å². The van der Waals surface area contributed by atoms with E-state index in [-0.39, 0.29) is 23.5 Å². The highest BCUT2D eigenvalue weighted by Gasteiger charge is 2.20. The molecule has 0 bridgehead atoms. The maximum absolute atomic E-state index is 13.7. The fourth-order valence-electron chi connectivity index (χ4n) is 2.42. The zero-order valence-electron chi connectivity index (χ0n) is 12.0. The number of para-hydroxylation sites is 1. The van der Waals surface area contributed by atoms with E-state index in [1.165, 1.54) is 6.07 Å². The first-order chi connectivity index (χ1) is 10.7. The monoisotopic (exact) mass is 300 g/mol. The largest absolute Gasteiger partial charge is 0.348 e. The van der Waals surface area contributed by atoms with Gasteiger partial charge in [-0.25, -0.2) is 9.37 Å². The van der Waals surface area contributed by atoms with Crippen LogP contribution in [0.1, 0.15) is 16.8 Å². The molecule has 1 atom stereocenters. The van der Waals surface area contributed by atoms with Crippen LogP contribution in [0.3, 0.4) is 0 Å². The standard InChI is InChI=1S/C16H17FN4O/c17-13-5-1-2-6-14(13)21-15-12(4-3-8-19-15)16(22)20-11-7-9-18-10-11/h1-6,8,11,18H,7,9-10H2,(H,19,21)(H,20,22). The molecule has 6 heteroatoms. The number of pyridine rings is 1. The molecule has 1 aromatic heterocycles. The van der Waals surface area contributed by atoms with E-state index < -0.39 is 0 Å². The van der Waals surface area contributed by atoms with Gasteiger partial charge in [-0.1, -0.05) is 12.1 Å². The quantitative estimate of drug-likeness (QED) is 0.808. The van der Waals surface area contributed by atoms with Crippen LogP contribution in [0.4, 0.5) is 15.9 Å². The molecule has 3 rings (SSSR count). The number of aromatic nitrogens is 1. The number of amides is 1. The summed E-state index contributed by atoms with van der Waals surface area (Å²) in [6, 6.07) is 9.77. The lowest BCUT2D eigenvalue weighted by atomic mass is 10.2. The molecule has 2 heterocycles. The summed E-state index contributed by atoms with van der Waals surface area (Å²) in [4.78, 5) is 16.5. The molecule has 1 aromatic carbocycles. The van der Waals surface area contributed by atoms with E-state index in [2.05, 4.69) is 20.9 Å². The van der Waals surface area contributed by atoms with Gasteiger partial charge < -0.3 is 16.0 Å². The number of rotatable bonds is 4. The molecule has 0 radical (unpaired) electrons. The number of halogens is 1. The molecule has 0 saturated carbocycles. The van der Waals surface area contributed by atoms with Crippen LogP contribution in [0.5, 0.6) is 0 Å². The van der Waals surface area contributed by atoms with E-state index >= 15 is 0 Å². The summed E-state index contributed by atoms with van der Waals surface area (Å²) in [6.07, 6.45) is 2.47. The van der Waals surface area contributed by atoms with Crippen molar-refractivity contribution in [3.63, 3.8) is 0 Å². The number of benzene rings is 1. The van der Waals surface area contributed by atoms with Gasteiger partial charge in [0.15, 0.2) is 0 Å². The number of carbonyl (C=O) groups is 1. The van der Waals surface area contributed by atoms with Crippen LogP contribution in [0.2, 0.25) is 0 Å². The maximum Gasteiger partial charge on any atom is 0.255 e. The zero-order chi connectivity index (χ0) is 15.4. The first kappa shape index (κ1) is 14.5. The predicted octanol–water partition coefficient (Wildman–Crippen LogP) is 2.06. The molecular formula is C16H17FN4O. The van der Waals surface area contributed by atoms with E-state index in [0.29, 0.717) is 11.4 Å². The van der Waals surface area contributed by atoms with Crippen molar-refractivity contribution in [1.82, 2.24) is 15.6 Å². The lowest BCUT2D eigenvalue weighted by Gasteiger charge is -2.14. The van der Waals surface area contributed by atoms with Gasteiger partial charge in [0.2, 0.25) is 0 Å². The minimum absolute atomic E-state index is 0.119. The third-order valence-electron chi connectivity index (χ3n) is 3.57. The molecule has 1 unspecified atom stereocenters. The van der Waals surface area contributed by atoms with Crippen molar-refractivity contribution in [3.8, 4) is 0 Å². The lowest BCUT2D eigenvalue weighted by molar-refractivity contribution is 0.0940. The number of nitrogens with one attached hydrogen (secondary N) is 3. The minimum Gasteiger partial charge on any atom is -0.348 e. The van der Waals surface area contributed by atoms with Gasteiger partial charge in [0, 0.05) is 18.8 Å². The number of nitrogens with zero attached hydrogens (tertiary/aromatic N) is 1. The number of carbonyl (C=O) groups excluding carboxylic acids is 1. The number of anilines is 2. The Kier molecular flexibility index (Phi) is 4.29. The summed E-state index contributed by atoms with van der Waals surface area (Å²) in [5.41, 5.74) is 0.690. The van der Waals surface area contributed by atoms with Gasteiger partial charge in [0.05, 0.1) is 11.3 Å². The predicted molar refractivity (Wildman–Crippen MR) is 82.7 cm³/mol. The minimum atomic E-state index is -0.389. The average Bonchev–Trinajstić information content (AvgIpc) is 3.03. The summed E-state index contributed by atoms with van der Waals surface area (Å²) >= 11 is 0. The van der Waals surface area contributed by atoms with Gasteiger partial charge in [-0.05, 0) is 37.2 Å². The van der Waals surface area contributed by atoms with E-state index in [0.717, 1.165) is 19.5 Å². The summed E-state index contributed by atoms with van der Waals surface area (Å²) in [5.74, 6) is -0.254. The van der Waals surface area contributed by atoms with Gasteiger partial charge in [-0.2, -0.15) is 0 Å². The Hall–Kier alpha value is -2.47. The second-order valence-electron chi connectivity index (χ2n) is 5.17. The SMILES string of the molecule is O=C(NC1CCNC1)c1cccnc1Nc1ccccc1F. The van der Waals surface area contributed by atoms with Crippen LogP contribution >= 0.6 is 0 Å². The summed E-state index contributed by atoms with van der Waals surface area (Å²) in [7, 11) is 0. The van der Waals surface area contributed by atoms with Crippen molar-refractivity contribution in [2.24, 2.45) is 0 Å². The summed E-state index contributed by atoms with van der Waals surface area (Å²) in [6.45, 7) is 1.67. The zero-order valence-corrected chi connectivity index (χ0v) is 12.0. The Morgan fingerprint density at radius 3 is 2.91 bits per heavy atom. The molecule has 1 aliphatic rings. The van der Waals surface area contributed by atoms with Crippen LogP contribution in [0, 0.1) is 5.82 Å². The Labute approximate surface area is 128 Å². The first-order valence-electron chi connectivity index (χ1n) is 7.22. The average molecular weight is 300 g/mol. The highest BCUT2D eigenvalue weighted by atomic mass is 19.1. The fourth-order valence-corrected chi connectivity index (χ4v) is 2.42. The molecule has 114 valence electrons. The van der Waals surface area contributed by atoms with Crippen LogP contribution in [0.25, 0.3) is 0 Å².